The number of allylic oxidation sites excluding steroid dienone is 1. The van der Waals surface area contributed by atoms with Gasteiger partial charge >= 0.3 is 0 Å². The Morgan fingerprint density at radius 2 is 1.91 bits per heavy atom. The van der Waals surface area contributed by atoms with Gasteiger partial charge in [-0.05, 0) is 51.0 Å². The van der Waals surface area contributed by atoms with Crippen LogP contribution in [0.1, 0.15) is 38.1 Å². The fraction of sp³-hybridized carbons (Fsp3) is 0.333. The molecule has 2 aliphatic rings. The highest BCUT2D eigenvalue weighted by atomic mass is 16.1. The van der Waals surface area contributed by atoms with Crippen LogP contribution in [0.5, 0.6) is 0 Å². The first-order valence-corrected chi connectivity index (χ1v) is 7.93. The van der Waals surface area contributed by atoms with Crippen LogP contribution < -0.4 is 11.1 Å². The molecule has 4 N–H and O–H groups in total. The van der Waals surface area contributed by atoms with E-state index in [0.29, 0.717) is 6.42 Å². The molecule has 0 saturated carbocycles. The second kappa shape index (κ2) is 4.72. The van der Waals surface area contributed by atoms with Crippen LogP contribution in [0.2, 0.25) is 0 Å². The number of nitrogens with two attached hydrogens (primary N) is 1. The molecule has 5 heteroatoms. The average Bonchev–Trinajstić information content (AvgIpc) is 2.91. The molecule has 0 radical (unpaired) electrons. The van der Waals surface area contributed by atoms with Crippen molar-refractivity contribution in [3.8, 4) is 11.4 Å². The maximum Gasteiger partial charge on any atom is 0.163 e. The lowest BCUT2D eigenvalue weighted by atomic mass is 9.83. The number of aromatic nitrogens is 2. The first kappa shape index (κ1) is 14.1. The van der Waals surface area contributed by atoms with Gasteiger partial charge in [-0.2, -0.15) is 0 Å². The zero-order valence-electron chi connectivity index (χ0n) is 13.4. The maximum atomic E-state index is 12.4. The van der Waals surface area contributed by atoms with Crippen LogP contribution in [0.25, 0.3) is 17.1 Å². The number of nitrogen functional groups attached to an aromatic ring is 1. The molecule has 0 fully saturated rings. The molecule has 5 nitrogen and oxygen atoms in total. The van der Waals surface area contributed by atoms with Gasteiger partial charge in [0.2, 0.25) is 0 Å². The SMILES string of the molecule is CC1(C)CC(=O)C2=C(N1)c1nc(-c3ccc(N)cc3)[nH]c1CC2. The van der Waals surface area contributed by atoms with Crippen LogP contribution in [-0.2, 0) is 11.2 Å². The topological polar surface area (TPSA) is 83.8 Å². The monoisotopic (exact) mass is 308 g/mol. The smallest absolute Gasteiger partial charge is 0.163 e. The zero-order chi connectivity index (χ0) is 16.2. The molecule has 23 heavy (non-hydrogen) atoms. The number of nitrogens with one attached hydrogen (secondary N) is 2. The van der Waals surface area contributed by atoms with Gasteiger partial charge in [-0.15, -0.1) is 0 Å². The van der Waals surface area contributed by atoms with Crippen LogP contribution in [-0.4, -0.2) is 21.3 Å². The minimum Gasteiger partial charge on any atom is -0.399 e. The number of rotatable bonds is 1. The van der Waals surface area contributed by atoms with E-state index in [4.69, 9.17) is 10.7 Å². The third kappa shape index (κ3) is 2.32. The maximum absolute atomic E-state index is 12.4. The second-order valence-electron chi connectivity index (χ2n) is 7.00. The third-order valence-electron chi connectivity index (χ3n) is 4.53. The molecule has 0 bridgehead atoms. The summed E-state index contributed by atoms with van der Waals surface area (Å²) in [5.74, 6) is 1.06. The number of aromatic amines is 1. The Morgan fingerprint density at radius 1 is 1.17 bits per heavy atom. The van der Waals surface area contributed by atoms with E-state index in [-0.39, 0.29) is 11.3 Å². The summed E-state index contributed by atoms with van der Waals surface area (Å²) in [5.41, 5.74) is 11.0. The van der Waals surface area contributed by atoms with Crippen LogP contribution in [0.3, 0.4) is 0 Å². The van der Waals surface area contributed by atoms with Crippen LogP contribution in [0.15, 0.2) is 29.8 Å². The Labute approximate surface area is 135 Å². The lowest BCUT2D eigenvalue weighted by molar-refractivity contribution is -0.117. The summed E-state index contributed by atoms with van der Waals surface area (Å²) in [7, 11) is 0. The van der Waals surface area contributed by atoms with Crippen molar-refractivity contribution >= 4 is 17.2 Å². The predicted octanol–water partition coefficient (Wildman–Crippen LogP) is 2.66. The van der Waals surface area contributed by atoms with E-state index in [0.717, 1.165) is 52.6 Å². The van der Waals surface area contributed by atoms with E-state index in [2.05, 4.69) is 24.1 Å². The van der Waals surface area contributed by atoms with Crippen LogP contribution >= 0.6 is 0 Å². The average molecular weight is 308 g/mol. The van der Waals surface area contributed by atoms with Crippen LogP contribution in [0, 0.1) is 0 Å². The summed E-state index contributed by atoms with van der Waals surface area (Å²) in [4.78, 5) is 20.6. The number of H-pyrrole nitrogens is 1. The van der Waals surface area contributed by atoms with Crippen LogP contribution in [0.4, 0.5) is 5.69 Å². The van der Waals surface area contributed by atoms with Crippen molar-refractivity contribution in [2.24, 2.45) is 0 Å². The minimum absolute atomic E-state index is 0.231. The summed E-state index contributed by atoms with van der Waals surface area (Å²) in [6, 6.07) is 7.65. The van der Waals surface area contributed by atoms with E-state index in [9.17, 15) is 4.79 Å². The number of hydrogen-bond acceptors (Lipinski definition) is 4. The lowest BCUT2D eigenvalue weighted by Gasteiger charge is -2.36. The quantitative estimate of drug-likeness (QED) is 0.707. The predicted molar refractivity (Wildman–Crippen MR) is 90.5 cm³/mol. The molecule has 1 aromatic heterocycles. The van der Waals surface area contributed by atoms with E-state index in [1.807, 2.05) is 24.3 Å². The van der Waals surface area contributed by atoms with Crippen molar-refractivity contribution < 1.29 is 4.79 Å². The molecule has 0 unspecified atom stereocenters. The number of hydrogen-bond donors (Lipinski definition) is 3. The van der Waals surface area contributed by atoms with Gasteiger partial charge in [0, 0.05) is 34.5 Å². The van der Waals surface area contributed by atoms with E-state index in [1.54, 1.807) is 0 Å². The van der Waals surface area contributed by atoms with Crippen molar-refractivity contribution in [1.82, 2.24) is 15.3 Å². The van der Waals surface area contributed by atoms with E-state index < -0.39 is 0 Å². The molecule has 2 aromatic rings. The van der Waals surface area contributed by atoms with Gasteiger partial charge in [0.25, 0.3) is 0 Å². The van der Waals surface area contributed by atoms with Crippen molar-refractivity contribution in [2.45, 2.75) is 38.6 Å². The summed E-state index contributed by atoms with van der Waals surface area (Å²) in [6.07, 6.45) is 2.13. The Kier molecular flexibility index (Phi) is 2.88. The Hall–Kier alpha value is -2.56. The molecule has 0 amide bonds. The van der Waals surface area contributed by atoms with Gasteiger partial charge in [0.15, 0.2) is 5.78 Å². The Morgan fingerprint density at radius 3 is 2.65 bits per heavy atom. The molecule has 118 valence electrons. The number of carbonyl (C=O) groups is 1. The molecule has 0 atom stereocenters. The summed E-state index contributed by atoms with van der Waals surface area (Å²) in [6.45, 7) is 4.10. The largest absolute Gasteiger partial charge is 0.399 e. The molecule has 1 aliphatic heterocycles. The number of aryl methyl sites for hydroxylation is 1. The number of ketones is 1. The number of nitrogens with zero attached hydrogens (tertiary/aromatic N) is 1. The minimum atomic E-state index is -0.231. The van der Waals surface area contributed by atoms with E-state index in [1.165, 1.54) is 0 Å². The van der Waals surface area contributed by atoms with Gasteiger partial charge < -0.3 is 16.0 Å². The lowest BCUT2D eigenvalue weighted by Crippen LogP contribution is -2.45. The molecular weight excluding hydrogens is 288 g/mol. The number of imidazole rings is 1. The van der Waals surface area contributed by atoms with Crippen molar-refractivity contribution in [3.05, 3.63) is 41.2 Å². The first-order valence-electron chi connectivity index (χ1n) is 7.93. The van der Waals surface area contributed by atoms with Gasteiger partial charge in [-0.1, -0.05) is 0 Å². The summed E-state index contributed by atoms with van der Waals surface area (Å²) in [5, 5.41) is 3.51. The number of benzene rings is 1. The van der Waals surface area contributed by atoms with Gasteiger partial charge in [-0.3, -0.25) is 4.79 Å². The zero-order valence-corrected chi connectivity index (χ0v) is 13.4. The molecule has 1 aromatic carbocycles. The van der Waals surface area contributed by atoms with Crippen molar-refractivity contribution in [2.75, 3.05) is 5.73 Å². The third-order valence-corrected chi connectivity index (χ3v) is 4.53. The Bertz CT molecular complexity index is 827. The van der Waals surface area contributed by atoms with Gasteiger partial charge in [-0.25, -0.2) is 4.98 Å². The van der Waals surface area contributed by atoms with Gasteiger partial charge in [0.05, 0.1) is 5.70 Å². The molecule has 1 aliphatic carbocycles. The Balaban J connectivity index is 1.80. The second-order valence-corrected chi connectivity index (χ2v) is 7.00. The van der Waals surface area contributed by atoms with Crippen molar-refractivity contribution in [1.29, 1.82) is 0 Å². The van der Waals surface area contributed by atoms with E-state index >= 15 is 0 Å². The highest BCUT2D eigenvalue weighted by Gasteiger charge is 2.36. The number of anilines is 1. The fourth-order valence-electron chi connectivity index (χ4n) is 3.40. The molecular formula is C18H20N4O. The highest BCUT2D eigenvalue weighted by Crippen LogP contribution is 2.36. The molecule has 0 spiro atoms. The number of fused-ring (bicyclic) bond motifs is 2. The normalized spacial score (nSPS) is 19.1. The standard InChI is InChI=1S/C18H20N4O/c1-18(2)9-14(23)12-7-8-13-16(15(12)22-18)21-17(20-13)10-3-5-11(19)6-4-10/h3-6,22H,7-9,19H2,1-2H3,(H,20,21). The number of carbonyl (C=O) groups excluding carboxylic acids is 1. The highest BCUT2D eigenvalue weighted by molar-refractivity contribution is 6.05. The van der Waals surface area contributed by atoms with Crippen molar-refractivity contribution in [3.63, 3.8) is 0 Å². The molecule has 2 heterocycles. The summed E-state index contributed by atoms with van der Waals surface area (Å²) >= 11 is 0. The number of Topliss-reactive ketones (excluding diaryl/α,β-unsaturated/α-hetero) is 1. The first-order chi connectivity index (χ1) is 10.9. The summed E-state index contributed by atoms with van der Waals surface area (Å²) < 4.78 is 0. The molecule has 4 rings (SSSR count). The van der Waals surface area contributed by atoms with Gasteiger partial charge in [0.1, 0.15) is 11.5 Å². The molecule has 0 saturated heterocycles. The fourth-order valence-corrected chi connectivity index (χ4v) is 3.40.